The van der Waals surface area contributed by atoms with Gasteiger partial charge in [-0.25, -0.2) is 9.78 Å². The molecule has 0 fully saturated rings. The Kier molecular flexibility index (Phi) is 6.62. The lowest BCUT2D eigenvalue weighted by molar-refractivity contribution is -0.113. The number of esters is 1. The zero-order valence-electron chi connectivity index (χ0n) is 18.2. The van der Waals surface area contributed by atoms with Gasteiger partial charge < -0.3 is 10.1 Å². The fraction of sp³-hybridized carbons (Fsp3) is 0.167. The predicted molar refractivity (Wildman–Crippen MR) is 132 cm³/mol. The summed E-state index contributed by atoms with van der Waals surface area (Å²) in [5.41, 5.74) is 3.51. The Labute approximate surface area is 198 Å². The van der Waals surface area contributed by atoms with Crippen molar-refractivity contribution in [2.75, 3.05) is 18.2 Å². The molecule has 33 heavy (non-hydrogen) atoms. The maximum Gasteiger partial charge on any atom is 0.350 e. The third-order valence-corrected chi connectivity index (χ3v) is 6.69. The molecule has 1 N–H and O–H groups in total. The molecule has 0 spiro atoms. The first-order valence-corrected chi connectivity index (χ1v) is 11.9. The molecule has 4 aromatic rings. The first-order chi connectivity index (χ1) is 15.9. The van der Waals surface area contributed by atoms with E-state index in [9.17, 15) is 14.4 Å². The van der Waals surface area contributed by atoms with Crippen molar-refractivity contribution in [2.45, 2.75) is 19.0 Å². The SMILES string of the molecule is COC(=O)c1sccc1NC(=O)CSc1nc2ccccc2c(=O)n1-c1cc(C)cc(C)c1. The number of rotatable bonds is 6. The van der Waals surface area contributed by atoms with E-state index in [0.717, 1.165) is 22.9 Å². The van der Waals surface area contributed by atoms with Crippen LogP contribution in [0.25, 0.3) is 16.6 Å². The fourth-order valence-electron chi connectivity index (χ4n) is 3.49. The summed E-state index contributed by atoms with van der Waals surface area (Å²) in [6.45, 7) is 3.94. The van der Waals surface area contributed by atoms with Gasteiger partial charge in [-0.2, -0.15) is 0 Å². The molecule has 0 saturated carbocycles. The highest BCUT2D eigenvalue weighted by Crippen LogP contribution is 2.25. The normalized spacial score (nSPS) is 10.9. The molecule has 168 valence electrons. The van der Waals surface area contributed by atoms with Gasteiger partial charge in [-0.15, -0.1) is 11.3 Å². The van der Waals surface area contributed by atoms with Crippen LogP contribution >= 0.6 is 23.1 Å². The van der Waals surface area contributed by atoms with Crippen molar-refractivity contribution in [3.8, 4) is 5.69 Å². The average molecular weight is 480 g/mol. The predicted octanol–water partition coefficient (Wildman–Crippen LogP) is 4.58. The van der Waals surface area contributed by atoms with E-state index < -0.39 is 5.97 Å². The molecular weight excluding hydrogens is 458 g/mol. The summed E-state index contributed by atoms with van der Waals surface area (Å²) in [5.74, 6) is -0.822. The van der Waals surface area contributed by atoms with Gasteiger partial charge in [0.2, 0.25) is 5.91 Å². The first-order valence-electron chi connectivity index (χ1n) is 10.1. The summed E-state index contributed by atoms with van der Waals surface area (Å²) >= 11 is 2.35. The molecule has 0 aliphatic rings. The molecule has 2 heterocycles. The number of ether oxygens (including phenoxy) is 1. The average Bonchev–Trinajstić information content (AvgIpc) is 3.24. The molecule has 0 radical (unpaired) electrons. The van der Waals surface area contributed by atoms with Gasteiger partial charge >= 0.3 is 5.97 Å². The zero-order chi connectivity index (χ0) is 23.5. The number of aromatic nitrogens is 2. The lowest BCUT2D eigenvalue weighted by atomic mass is 10.1. The zero-order valence-corrected chi connectivity index (χ0v) is 19.9. The van der Waals surface area contributed by atoms with Crippen molar-refractivity contribution in [3.05, 3.63) is 80.3 Å². The standard InChI is InChI=1S/C24H21N3O4S2/c1-14-10-15(2)12-16(11-14)27-22(29)17-6-4-5-7-18(17)26-24(27)33-13-20(28)25-19-8-9-32-21(19)23(30)31-3/h4-12H,13H2,1-3H3,(H,25,28). The number of benzene rings is 2. The Morgan fingerprint density at radius 3 is 2.58 bits per heavy atom. The van der Waals surface area contributed by atoms with Gasteiger partial charge in [0, 0.05) is 0 Å². The van der Waals surface area contributed by atoms with Crippen LogP contribution in [0.1, 0.15) is 20.8 Å². The van der Waals surface area contributed by atoms with Crippen LogP contribution in [-0.2, 0) is 9.53 Å². The fourth-order valence-corrected chi connectivity index (χ4v) is 5.07. The summed E-state index contributed by atoms with van der Waals surface area (Å²) in [4.78, 5) is 42.9. The third-order valence-electron chi connectivity index (χ3n) is 4.85. The second-order valence-corrected chi connectivity index (χ2v) is 9.25. The number of anilines is 1. The van der Waals surface area contributed by atoms with E-state index in [-0.39, 0.29) is 17.2 Å². The molecule has 0 atom stereocenters. The molecule has 7 nitrogen and oxygen atoms in total. The lowest BCUT2D eigenvalue weighted by Crippen LogP contribution is -2.23. The van der Waals surface area contributed by atoms with Crippen molar-refractivity contribution in [1.82, 2.24) is 9.55 Å². The second-order valence-electron chi connectivity index (χ2n) is 7.39. The Bertz CT molecular complexity index is 1400. The van der Waals surface area contributed by atoms with E-state index in [4.69, 9.17) is 4.74 Å². The summed E-state index contributed by atoms with van der Waals surface area (Å²) in [6.07, 6.45) is 0. The van der Waals surface area contributed by atoms with Gasteiger partial charge in [-0.05, 0) is 60.7 Å². The van der Waals surface area contributed by atoms with Crippen LogP contribution in [0.3, 0.4) is 0 Å². The number of amides is 1. The first kappa shape index (κ1) is 22.8. The number of methoxy groups -OCH3 is 1. The number of hydrogen-bond donors (Lipinski definition) is 1. The van der Waals surface area contributed by atoms with E-state index in [1.54, 1.807) is 34.2 Å². The number of thioether (sulfide) groups is 1. The van der Waals surface area contributed by atoms with E-state index in [2.05, 4.69) is 10.3 Å². The molecule has 0 unspecified atom stereocenters. The second kappa shape index (κ2) is 9.60. The number of aryl methyl sites for hydroxylation is 2. The van der Waals surface area contributed by atoms with Crippen molar-refractivity contribution >= 4 is 51.6 Å². The van der Waals surface area contributed by atoms with E-state index in [1.165, 1.54) is 18.4 Å². The monoisotopic (exact) mass is 479 g/mol. The maximum absolute atomic E-state index is 13.4. The van der Waals surface area contributed by atoms with Gasteiger partial charge in [-0.3, -0.25) is 14.2 Å². The Morgan fingerprint density at radius 1 is 1.12 bits per heavy atom. The molecule has 9 heteroatoms. The quantitative estimate of drug-likeness (QED) is 0.247. The molecule has 2 aromatic heterocycles. The largest absolute Gasteiger partial charge is 0.465 e. The number of carbonyl (C=O) groups excluding carboxylic acids is 2. The van der Waals surface area contributed by atoms with Gasteiger partial charge in [0.05, 0.1) is 35.1 Å². The van der Waals surface area contributed by atoms with Crippen LogP contribution < -0.4 is 10.9 Å². The molecule has 0 bridgehead atoms. The minimum atomic E-state index is -0.507. The number of fused-ring (bicyclic) bond motifs is 1. The molecule has 0 saturated heterocycles. The van der Waals surface area contributed by atoms with Crippen molar-refractivity contribution in [2.24, 2.45) is 0 Å². The highest BCUT2D eigenvalue weighted by atomic mass is 32.2. The molecule has 4 rings (SSSR count). The third kappa shape index (κ3) is 4.84. The topological polar surface area (TPSA) is 90.3 Å². The minimum absolute atomic E-state index is 0.00599. The Hall–Kier alpha value is -3.43. The number of hydrogen-bond acceptors (Lipinski definition) is 7. The van der Waals surface area contributed by atoms with Crippen molar-refractivity contribution in [1.29, 1.82) is 0 Å². The van der Waals surface area contributed by atoms with Crippen LogP contribution in [0.15, 0.2) is 63.9 Å². The van der Waals surface area contributed by atoms with Gasteiger partial charge in [0.25, 0.3) is 5.56 Å². The number of para-hydroxylation sites is 1. The van der Waals surface area contributed by atoms with Crippen LogP contribution in [0.5, 0.6) is 0 Å². The molecule has 0 aliphatic heterocycles. The van der Waals surface area contributed by atoms with Crippen LogP contribution in [-0.4, -0.2) is 34.3 Å². The van der Waals surface area contributed by atoms with E-state index >= 15 is 0 Å². The highest BCUT2D eigenvalue weighted by molar-refractivity contribution is 7.99. The summed E-state index contributed by atoms with van der Waals surface area (Å²) in [6, 6.07) is 14.7. The number of nitrogens with zero attached hydrogens (tertiary/aromatic N) is 2. The van der Waals surface area contributed by atoms with E-state index in [0.29, 0.717) is 32.3 Å². The summed E-state index contributed by atoms with van der Waals surface area (Å²) < 4.78 is 6.30. The molecule has 1 amide bonds. The van der Waals surface area contributed by atoms with Crippen LogP contribution in [0.4, 0.5) is 5.69 Å². The number of nitrogens with one attached hydrogen (secondary N) is 1. The lowest BCUT2D eigenvalue weighted by Gasteiger charge is -2.14. The molecular formula is C24H21N3O4S2. The Balaban J connectivity index is 1.67. The number of carbonyl (C=O) groups is 2. The smallest absolute Gasteiger partial charge is 0.350 e. The van der Waals surface area contributed by atoms with Gasteiger partial charge in [0.1, 0.15) is 4.88 Å². The van der Waals surface area contributed by atoms with Crippen LogP contribution in [0, 0.1) is 13.8 Å². The van der Waals surface area contributed by atoms with Crippen molar-refractivity contribution in [3.63, 3.8) is 0 Å². The minimum Gasteiger partial charge on any atom is -0.465 e. The molecule has 0 aliphatic carbocycles. The summed E-state index contributed by atoms with van der Waals surface area (Å²) in [5, 5.41) is 5.37. The molecule has 2 aromatic carbocycles. The number of thiophene rings is 1. The van der Waals surface area contributed by atoms with E-state index in [1.807, 2.05) is 38.1 Å². The van der Waals surface area contributed by atoms with Gasteiger partial charge in [-0.1, -0.05) is 30.0 Å². The van der Waals surface area contributed by atoms with Crippen molar-refractivity contribution < 1.29 is 14.3 Å². The highest BCUT2D eigenvalue weighted by Gasteiger charge is 2.18. The Morgan fingerprint density at radius 2 is 1.85 bits per heavy atom. The van der Waals surface area contributed by atoms with Crippen LogP contribution in [0.2, 0.25) is 0 Å². The summed E-state index contributed by atoms with van der Waals surface area (Å²) in [7, 11) is 1.29. The van der Waals surface area contributed by atoms with Gasteiger partial charge in [0.15, 0.2) is 5.16 Å². The maximum atomic E-state index is 13.4.